The number of pyridine rings is 1. The molecule has 0 aliphatic heterocycles. The minimum absolute atomic E-state index is 0.144. The molecule has 0 saturated heterocycles. The predicted octanol–water partition coefficient (Wildman–Crippen LogP) is 4.91. The lowest BCUT2D eigenvalue weighted by Gasteiger charge is -2.08. The monoisotopic (exact) mass is 285 g/mol. The molecule has 2 heteroatoms. The largest absolute Gasteiger partial charge is 0.295 e. The normalized spacial score (nSPS) is 18.4. The fourth-order valence-corrected chi connectivity index (χ4v) is 2.48. The van der Waals surface area contributed by atoms with Crippen molar-refractivity contribution in [1.29, 1.82) is 0 Å². The molecule has 1 aromatic heterocycles. The van der Waals surface area contributed by atoms with Crippen LogP contribution in [-0.4, -0.2) is 10.8 Å². The number of aromatic nitrogens is 1. The van der Waals surface area contributed by atoms with Gasteiger partial charge in [-0.3, -0.25) is 9.78 Å². The molecule has 0 amide bonds. The average Bonchev–Trinajstić information content (AvgIpc) is 2.74. The third kappa shape index (κ3) is 7.03. The van der Waals surface area contributed by atoms with Crippen molar-refractivity contribution >= 4 is 5.78 Å². The second kappa shape index (κ2) is 10.1. The third-order valence-electron chi connectivity index (χ3n) is 3.54. The first-order valence-electron chi connectivity index (χ1n) is 8.00. The van der Waals surface area contributed by atoms with Crippen molar-refractivity contribution < 1.29 is 4.79 Å². The van der Waals surface area contributed by atoms with Gasteiger partial charge in [0.15, 0.2) is 5.78 Å². The standard InChI is InChI=1S/C17H21NO.C2H6/c1-14(19)8-9-15-5-4-6-16(11-10-15)13-17-7-2-3-12-18-17;1-2/h2-3,6-9,12,15H,4-5,10-11,13H2,1H3;1-2H3. The predicted molar refractivity (Wildman–Crippen MR) is 89.2 cm³/mol. The molecule has 1 aliphatic carbocycles. The zero-order valence-electron chi connectivity index (χ0n) is 13.5. The minimum Gasteiger partial charge on any atom is -0.295 e. The van der Waals surface area contributed by atoms with E-state index in [0.717, 1.165) is 37.8 Å². The molecular weight excluding hydrogens is 258 g/mol. The summed E-state index contributed by atoms with van der Waals surface area (Å²) in [6.45, 7) is 5.61. The van der Waals surface area contributed by atoms with Crippen molar-refractivity contribution in [2.75, 3.05) is 0 Å². The molecule has 114 valence electrons. The number of hydrogen-bond donors (Lipinski definition) is 0. The number of ketones is 1. The molecule has 0 radical (unpaired) electrons. The minimum atomic E-state index is 0.144. The molecule has 0 fully saturated rings. The van der Waals surface area contributed by atoms with Crippen molar-refractivity contribution in [3.63, 3.8) is 0 Å². The zero-order chi connectivity index (χ0) is 15.5. The summed E-state index contributed by atoms with van der Waals surface area (Å²) in [5.74, 6) is 0.687. The van der Waals surface area contributed by atoms with Crippen molar-refractivity contribution in [1.82, 2.24) is 4.98 Å². The number of carbonyl (C=O) groups is 1. The first-order valence-corrected chi connectivity index (χ1v) is 8.00. The van der Waals surface area contributed by atoms with E-state index in [4.69, 9.17) is 0 Å². The highest BCUT2D eigenvalue weighted by atomic mass is 16.1. The third-order valence-corrected chi connectivity index (χ3v) is 3.54. The highest BCUT2D eigenvalue weighted by Gasteiger charge is 2.11. The SMILES string of the molecule is CC.CC(=O)C=CC1CCC=C(Cc2ccccn2)CC1. The van der Waals surface area contributed by atoms with Crippen LogP contribution in [0.3, 0.4) is 0 Å². The van der Waals surface area contributed by atoms with E-state index in [2.05, 4.69) is 23.2 Å². The quantitative estimate of drug-likeness (QED) is 0.581. The molecule has 1 aliphatic rings. The lowest BCUT2D eigenvalue weighted by atomic mass is 9.97. The van der Waals surface area contributed by atoms with Crippen molar-refractivity contribution in [3.05, 3.63) is 53.9 Å². The fraction of sp³-hybridized carbons (Fsp3) is 0.474. The van der Waals surface area contributed by atoms with E-state index in [1.807, 2.05) is 32.2 Å². The summed E-state index contributed by atoms with van der Waals surface area (Å²) in [7, 11) is 0. The van der Waals surface area contributed by atoms with E-state index in [1.165, 1.54) is 5.57 Å². The second-order valence-electron chi connectivity index (χ2n) is 5.21. The van der Waals surface area contributed by atoms with Crippen LogP contribution in [0.1, 0.15) is 52.1 Å². The van der Waals surface area contributed by atoms with Gasteiger partial charge in [0.1, 0.15) is 0 Å². The lowest BCUT2D eigenvalue weighted by Crippen LogP contribution is -1.97. The Bertz CT molecular complexity index is 474. The summed E-state index contributed by atoms with van der Waals surface area (Å²) in [6.07, 6.45) is 13.5. The molecule has 1 aromatic rings. The van der Waals surface area contributed by atoms with Crippen LogP contribution in [-0.2, 0) is 11.2 Å². The maximum absolute atomic E-state index is 11.0. The molecule has 1 heterocycles. The van der Waals surface area contributed by atoms with Crippen LogP contribution < -0.4 is 0 Å². The number of carbonyl (C=O) groups excluding carboxylic acids is 1. The molecular formula is C19H27NO. The molecule has 0 spiro atoms. The first kappa shape index (κ1) is 17.4. The molecule has 21 heavy (non-hydrogen) atoms. The molecule has 0 saturated carbocycles. The Balaban J connectivity index is 0.00000106. The second-order valence-corrected chi connectivity index (χ2v) is 5.21. The van der Waals surface area contributed by atoms with Crippen LogP contribution in [0, 0.1) is 5.92 Å². The van der Waals surface area contributed by atoms with Gasteiger partial charge in [0.2, 0.25) is 0 Å². The fourth-order valence-electron chi connectivity index (χ4n) is 2.48. The first-order chi connectivity index (χ1) is 10.2. The Morgan fingerprint density at radius 1 is 1.33 bits per heavy atom. The molecule has 0 N–H and O–H groups in total. The van der Waals surface area contributed by atoms with Gasteiger partial charge in [0.05, 0.1) is 0 Å². The van der Waals surface area contributed by atoms with Crippen LogP contribution >= 0.6 is 0 Å². The summed E-state index contributed by atoms with van der Waals surface area (Å²) in [4.78, 5) is 15.4. The van der Waals surface area contributed by atoms with E-state index in [0.29, 0.717) is 5.92 Å². The number of nitrogens with zero attached hydrogens (tertiary/aromatic N) is 1. The van der Waals surface area contributed by atoms with Gasteiger partial charge < -0.3 is 0 Å². The Labute approximate surface area is 129 Å². The van der Waals surface area contributed by atoms with Gasteiger partial charge in [-0.15, -0.1) is 0 Å². The zero-order valence-corrected chi connectivity index (χ0v) is 13.5. The van der Waals surface area contributed by atoms with E-state index < -0.39 is 0 Å². The van der Waals surface area contributed by atoms with Crippen molar-refractivity contribution in [2.45, 2.75) is 52.9 Å². The molecule has 2 nitrogen and oxygen atoms in total. The Morgan fingerprint density at radius 3 is 2.81 bits per heavy atom. The maximum atomic E-state index is 11.0. The van der Waals surface area contributed by atoms with E-state index >= 15 is 0 Å². The van der Waals surface area contributed by atoms with Gasteiger partial charge in [-0.1, -0.05) is 37.6 Å². The number of hydrogen-bond acceptors (Lipinski definition) is 2. The maximum Gasteiger partial charge on any atom is 0.152 e. The average molecular weight is 285 g/mol. The summed E-state index contributed by atoms with van der Waals surface area (Å²) >= 11 is 0. The Morgan fingerprint density at radius 2 is 2.14 bits per heavy atom. The Kier molecular flexibility index (Phi) is 8.34. The molecule has 1 unspecified atom stereocenters. The van der Waals surface area contributed by atoms with Crippen LogP contribution in [0.4, 0.5) is 0 Å². The van der Waals surface area contributed by atoms with Crippen LogP contribution in [0.2, 0.25) is 0 Å². The number of allylic oxidation sites excluding steroid dienone is 4. The van der Waals surface area contributed by atoms with Gasteiger partial charge in [-0.05, 0) is 56.7 Å². The number of rotatable bonds is 4. The van der Waals surface area contributed by atoms with Gasteiger partial charge in [-0.2, -0.15) is 0 Å². The summed E-state index contributed by atoms with van der Waals surface area (Å²) in [5, 5.41) is 0. The summed E-state index contributed by atoms with van der Waals surface area (Å²) in [5.41, 5.74) is 2.63. The van der Waals surface area contributed by atoms with E-state index in [-0.39, 0.29) is 5.78 Å². The van der Waals surface area contributed by atoms with Crippen molar-refractivity contribution in [3.8, 4) is 0 Å². The summed E-state index contributed by atoms with van der Waals surface area (Å²) in [6, 6.07) is 6.07. The molecule has 0 bridgehead atoms. The van der Waals surface area contributed by atoms with Gasteiger partial charge in [0.25, 0.3) is 0 Å². The smallest absolute Gasteiger partial charge is 0.152 e. The van der Waals surface area contributed by atoms with E-state index in [1.54, 1.807) is 13.0 Å². The Hall–Kier alpha value is -1.70. The van der Waals surface area contributed by atoms with Crippen LogP contribution in [0.25, 0.3) is 0 Å². The lowest BCUT2D eigenvalue weighted by molar-refractivity contribution is -0.112. The summed E-state index contributed by atoms with van der Waals surface area (Å²) < 4.78 is 0. The topological polar surface area (TPSA) is 30.0 Å². The highest BCUT2D eigenvalue weighted by Crippen LogP contribution is 2.25. The van der Waals surface area contributed by atoms with Crippen molar-refractivity contribution in [2.24, 2.45) is 5.92 Å². The molecule has 2 rings (SSSR count). The van der Waals surface area contributed by atoms with Gasteiger partial charge >= 0.3 is 0 Å². The van der Waals surface area contributed by atoms with Gasteiger partial charge in [0, 0.05) is 18.3 Å². The van der Waals surface area contributed by atoms with Crippen LogP contribution in [0.5, 0.6) is 0 Å². The molecule has 0 aromatic carbocycles. The molecule has 1 atom stereocenters. The highest BCUT2D eigenvalue weighted by molar-refractivity contribution is 5.87. The van der Waals surface area contributed by atoms with Gasteiger partial charge in [-0.25, -0.2) is 0 Å². The van der Waals surface area contributed by atoms with Crippen LogP contribution in [0.15, 0.2) is 48.2 Å². The van der Waals surface area contributed by atoms with E-state index in [9.17, 15) is 4.79 Å².